The minimum absolute atomic E-state index is 0.130. The summed E-state index contributed by atoms with van der Waals surface area (Å²) >= 11 is 0. The molecule has 3 N–H and O–H groups in total. The Morgan fingerprint density at radius 1 is 1.16 bits per heavy atom. The zero-order valence-electron chi connectivity index (χ0n) is 17.0. The molecule has 1 saturated heterocycles. The van der Waals surface area contributed by atoms with Crippen LogP contribution in [0.15, 0.2) is 48.5 Å². The van der Waals surface area contributed by atoms with Crippen LogP contribution in [0.4, 0.5) is 8.78 Å². The summed E-state index contributed by atoms with van der Waals surface area (Å²) in [5.74, 6) is -1.38. The fourth-order valence-electron chi connectivity index (χ4n) is 3.76. The molecule has 1 aliphatic rings. The van der Waals surface area contributed by atoms with E-state index in [2.05, 4.69) is 15.6 Å². The van der Waals surface area contributed by atoms with E-state index in [1.807, 2.05) is 6.07 Å². The number of H-pyrrole nitrogens is 1. The van der Waals surface area contributed by atoms with E-state index in [-0.39, 0.29) is 35.2 Å². The molecule has 1 aliphatic heterocycles. The number of carbonyl (C=O) groups is 2. The Labute approximate surface area is 183 Å². The van der Waals surface area contributed by atoms with Gasteiger partial charge in [0.2, 0.25) is 11.8 Å². The Kier molecular flexibility index (Phi) is 5.99. The minimum Gasteiger partial charge on any atom is -0.354 e. The van der Waals surface area contributed by atoms with Gasteiger partial charge in [0.15, 0.2) is 0 Å². The molecule has 0 aliphatic carbocycles. The average molecular weight is 434 g/mol. The lowest BCUT2D eigenvalue weighted by molar-refractivity contribution is -0.127. The molecule has 1 aromatic heterocycles. The van der Waals surface area contributed by atoms with Crippen LogP contribution in [0.1, 0.15) is 24.0 Å². The zero-order chi connectivity index (χ0) is 22.7. The van der Waals surface area contributed by atoms with E-state index in [1.165, 1.54) is 24.3 Å². The molecule has 0 bridgehead atoms. The number of nitrogens with zero attached hydrogens (tertiary/aromatic N) is 1. The van der Waals surface area contributed by atoms with Crippen molar-refractivity contribution in [3.63, 3.8) is 0 Å². The third kappa shape index (κ3) is 4.52. The van der Waals surface area contributed by atoms with Gasteiger partial charge in [-0.05, 0) is 72.5 Å². The summed E-state index contributed by atoms with van der Waals surface area (Å²) in [6.45, 7) is 0.538. The van der Waals surface area contributed by atoms with Crippen molar-refractivity contribution in [2.75, 3.05) is 6.54 Å². The highest BCUT2D eigenvalue weighted by Gasteiger charge is 2.25. The van der Waals surface area contributed by atoms with Crippen molar-refractivity contribution in [1.82, 2.24) is 15.6 Å². The van der Waals surface area contributed by atoms with E-state index < -0.39 is 11.9 Å². The van der Waals surface area contributed by atoms with Gasteiger partial charge in [0.25, 0.3) is 0 Å². The van der Waals surface area contributed by atoms with Gasteiger partial charge in [-0.15, -0.1) is 0 Å². The topological polar surface area (TPSA) is 97.8 Å². The number of halogens is 2. The predicted molar refractivity (Wildman–Crippen MR) is 114 cm³/mol. The molecule has 3 aromatic rings. The maximum atomic E-state index is 14.6. The Morgan fingerprint density at radius 2 is 1.94 bits per heavy atom. The highest BCUT2D eigenvalue weighted by molar-refractivity contribution is 5.89. The standard InChI is InChI=1S/C24H20F2N4O2/c25-17-5-2-15(3-6-17)23-16(4-8-22(31)29-20-9-10-28-24(20)32)12-21(30-23)18-7-1-14(13-27)11-19(18)26/h1-3,5-7,11-12,20,30H,4,8-10H2,(H,28,32)(H,29,31). The summed E-state index contributed by atoms with van der Waals surface area (Å²) in [6.07, 6.45) is 1.02. The SMILES string of the molecule is N#Cc1ccc(-c2cc(CCC(=O)NC3CCNC3=O)c(-c3ccc(F)cc3)[nH]2)c(F)c1. The van der Waals surface area contributed by atoms with Crippen LogP contribution >= 0.6 is 0 Å². The van der Waals surface area contributed by atoms with Crippen molar-refractivity contribution >= 4 is 11.8 Å². The van der Waals surface area contributed by atoms with Gasteiger partial charge in [-0.3, -0.25) is 9.59 Å². The first-order valence-corrected chi connectivity index (χ1v) is 10.2. The molecule has 2 heterocycles. The van der Waals surface area contributed by atoms with Crippen LogP contribution in [-0.2, 0) is 16.0 Å². The molecule has 6 nitrogen and oxygen atoms in total. The van der Waals surface area contributed by atoms with Crippen molar-refractivity contribution in [2.24, 2.45) is 0 Å². The van der Waals surface area contributed by atoms with E-state index >= 15 is 0 Å². The number of rotatable bonds is 6. The third-order valence-electron chi connectivity index (χ3n) is 5.43. The summed E-state index contributed by atoms with van der Waals surface area (Å²) in [5.41, 5.74) is 3.07. The van der Waals surface area contributed by atoms with Crippen molar-refractivity contribution in [3.05, 3.63) is 71.3 Å². The van der Waals surface area contributed by atoms with Crippen LogP contribution in [0.5, 0.6) is 0 Å². The van der Waals surface area contributed by atoms with Gasteiger partial charge in [0.1, 0.15) is 17.7 Å². The molecule has 2 aromatic carbocycles. The van der Waals surface area contributed by atoms with Gasteiger partial charge in [0, 0.05) is 29.9 Å². The van der Waals surface area contributed by atoms with Gasteiger partial charge in [-0.2, -0.15) is 5.26 Å². The number of amides is 2. The van der Waals surface area contributed by atoms with Crippen molar-refractivity contribution in [2.45, 2.75) is 25.3 Å². The molecular weight excluding hydrogens is 414 g/mol. The highest BCUT2D eigenvalue weighted by Crippen LogP contribution is 2.31. The Hall–Kier alpha value is -3.99. The number of carbonyl (C=O) groups excluding carboxylic acids is 2. The second-order valence-electron chi connectivity index (χ2n) is 7.60. The molecule has 1 unspecified atom stereocenters. The zero-order valence-corrected chi connectivity index (χ0v) is 17.0. The first-order chi connectivity index (χ1) is 15.4. The molecule has 0 spiro atoms. The molecule has 0 radical (unpaired) electrons. The number of nitriles is 1. The van der Waals surface area contributed by atoms with E-state index in [0.717, 1.165) is 11.6 Å². The van der Waals surface area contributed by atoms with Crippen molar-refractivity contribution < 1.29 is 18.4 Å². The number of aromatic amines is 1. The predicted octanol–water partition coefficient (Wildman–Crippen LogP) is 3.44. The Morgan fingerprint density at radius 3 is 2.59 bits per heavy atom. The number of hydrogen-bond donors (Lipinski definition) is 3. The largest absolute Gasteiger partial charge is 0.354 e. The van der Waals surface area contributed by atoms with Crippen LogP contribution in [0.2, 0.25) is 0 Å². The first kappa shape index (κ1) is 21.2. The molecular formula is C24H20F2N4O2. The van der Waals surface area contributed by atoms with Crippen LogP contribution in [0.3, 0.4) is 0 Å². The first-order valence-electron chi connectivity index (χ1n) is 10.2. The number of aromatic nitrogens is 1. The summed E-state index contributed by atoms with van der Waals surface area (Å²) in [7, 11) is 0. The van der Waals surface area contributed by atoms with Gasteiger partial charge in [-0.25, -0.2) is 8.78 Å². The van der Waals surface area contributed by atoms with E-state index in [0.29, 0.717) is 36.3 Å². The van der Waals surface area contributed by atoms with Gasteiger partial charge < -0.3 is 15.6 Å². The fraction of sp³-hybridized carbons (Fsp3) is 0.208. The molecule has 1 fully saturated rings. The van der Waals surface area contributed by atoms with E-state index in [1.54, 1.807) is 18.2 Å². The second-order valence-corrected chi connectivity index (χ2v) is 7.60. The van der Waals surface area contributed by atoms with E-state index in [4.69, 9.17) is 5.26 Å². The molecule has 4 rings (SSSR count). The van der Waals surface area contributed by atoms with Crippen LogP contribution < -0.4 is 10.6 Å². The molecule has 1 atom stereocenters. The number of hydrogen-bond acceptors (Lipinski definition) is 3. The molecule has 2 amide bonds. The van der Waals surface area contributed by atoms with Crippen LogP contribution in [-0.4, -0.2) is 29.4 Å². The Balaban J connectivity index is 1.61. The molecule has 0 saturated carbocycles. The molecule has 162 valence electrons. The molecule has 32 heavy (non-hydrogen) atoms. The monoisotopic (exact) mass is 434 g/mol. The van der Waals surface area contributed by atoms with Gasteiger partial charge in [0.05, 0.1) is 11.6 Å². The minimum atomic E-state index is -0.549. The fourth-order valence-corrected chi connectivity index (χ4v) is 3.76. The lowest BCUT2D eigenvalue weighted by atomic mass is 10.0. The summed E-state index contributed by atoms with van der Waals surface area (Å²) in [5, 5.41) is 14.4. The maximum Gasteiger partial charge on any atom is 0.242 e. The van der Waals surface area contributed by atoms with Crippen LogP contribution in [0, 0.1) is 23.0 Å². The lowest BCUT2D eigenvalue weighted by Crippen LogP contribution is -2.40. The summed E-state index contributed by atoms with van der Waals surface area (Å²) in [4.78, 5) is 27.2. The summed E-state index contributed by atoms with van der Waals surface area (Å²) < 4.78 is 28.0. The van der Waals surface area contributed by atoms with Crippen molar-refractivity contribution in [3.8, 4) is 28.6 Å². The second kappa shape index (κ2) is 9.02. The smallest absolute Gasteiger partial charge is 0.242 e. The normalized spacial score (nSPS) is 15.3. The molecule has 8 heteroatoms. The number of benzene rings is 2. The Bertz CT molecular complexity index is 1210. The van der Waals surface area contributed by atoms with Crippen molar-refractivity contribution in [1.29, 1.82) is 5.26 Å². The lowest BCUT2D eigenvalue weighted by Gasteiger charge is -2.10. The summed E-state index contributed by atoms with van der Waals surface area (Å²) in [6, 6.07) is 13.2. The number of aryl methyl sites for hydroxylation is 1. The highest BCUT2D eigenvalue weighted by atomic mass is 19.1. The quantitative estimate of drug-likeness (QED) is 0.554. The van der Waals surface area contributed by atoms with E-state index in [9.17, 15) is 18.4 Å². The van der Waals surface area contributed by atoms with Gasteiger partial charge >= 0.3 is 0 Å². The third-order valence-corrected chi connectivity index (χ3v) is 5.43. The van der Waals surface area contributed by atoms with Gasteiger partial charge in [-0.1, -0.05) is 0 Å². The van der Waals surface area contributed by atoms with Crippen LogP contribution in [0.25, 0.3) is 22.5 Å². The number of nitrogens with one attached hydrogen (secondary N) is 3. The average Bonchev–Trinajstić information content (AvgIpc) is 3.39. The maximum absolute atomic E-state index is 14.6.